The molecule has 1 aliphatic rings. The lowest BCUT2D eigenvalue weighted by Gasteiger charge is -2.17. The Balaban J connectivity index is 1.40. The van der Waals surface area contributed by atoms with E-state index in [4.69, 9.17) is 14.5 Å². The number of hydrogen-bond acceptors (Lipinski definition) is 8. The molecule has 3 N–H and O–H groups in total. The van der Waals surface area contributed by atoms with Crippen LogP contribution in [0.3, 0.4) is 0 Å². The lowest BCUT2D eigenvalue weighted by molar-refractivity contribution is 0.00624. The summed E-state index contributed by atoms with van der Waals surface area (Å²) < 4.78 is 24.5. The van der Waals surface area contributed by atoms with Crippen molar-refractivity contribution in [1.29, 1.82) is 5.26 Å². The summed E-state index contributed by atoms with van der Waals surface area (Å²) in [6.07, 6.45) is 3.50. The molecule has 1 unspecified atom stereocenters. The van der Waals surface area contributed by atoms with Crippen molar-refractivity contribution in [3.05, 3.63) is 48.5 Å². The molecule has 1 aromatic carbocycles. The summed E-state index contributed by atoms with van der Waals surface area (Å²) in [5.41, 5.74) is 1.42. The summed E-state index contributed by atoms with van der Waals surface area (Å²) in [5, 5.41) is 13.7. The van der Waals surface area contributed by atoms with Crippen LogP contribution in [-0.4, -0.2) is 49.6 Å². The number of hydrogen-bond donors (Lipinski definition) is 3. The van der Waals surface area contributed by atoms with Crippen LogP contribution in [0.5, 0.6) is 0 Å². The van der Waals surface area contributed by atoms with Gasteiger partial charge >= 0.3 is 7.75 Å². The van der Waals surface area contributed by atoms with Crippen molar-refractivity contribution in [2.24, 2.45) is 0 Å². The van der Waals surface area contributed by atoms with Gasteiger partial charge in [-0.05, 0) is 25.0 Å². The average molecular weight is 471 g/mol. The molecule has 1 saturated heterocycles. The van der Waals surface area contributed by atoms with Crippen molar-refractivity contribution < 1.29 is 23.5 Å². The third-order valence-electron chi connectivity index (χ3n) is 5.02. The number of anilines is 1. The zero-order valence-corrected chi connectivity index (χ0v) is 18.4. The Kier molecular flexibility index (Phi) is 7.08. The minimum atomic E-state index is -4.00. The first-order valence-electron chi connectivity index (χ1n) is 10.3. The molecule has 0 spiro atoms. The number of fused-ring (bicyclic) bond motifs is 1. The highest BCUT2D eigenvalue weighted by molar-refractivity contribution is 7.50. The Labute approximate surface area is 189 Å². The monoisotopic (exact) mass is 471 g/mol. The van der Waals surface area contributed by atoms with Gasteiger partial charge in [0.25, 0.3) is 5.91 Å². The van der Waals surface area contributed by atoms with E-state index in [1.165, 1.54) is 6.33 Å². The van der Waals surface area contributed by atoms with Crippen molar-refractivity contribution in [2.45, 2.75) is 31.6 Å². The molecule has 0 saturated carbocycles. The summed E-state index contributed by atoms with van der Waals surface area (Å²) in [6, 6.07) is 10.6. The molecular formula is C20H22N7O5P. The molecule has 1 fully saturated rings. The largest absolute Gasteiger partial charge is 0.403 e. The smallest absolute Gasteiger partial charge is 0.353 e. The fraction of sp³-hybridized carbons (Fsp3) is 0.350. The molecule has 4 rings (SSSR count). The van der Waals surface area contributed by atoms with Crippen LogP contribution in [0.2, 0.25) is 0 Å². The Bertz CT molecular complexity index is 1210. The fourth-order valence-corrected chi connectivity index (χ4v) is 4.31. The first-order chi connectivity index (χ1) is 16.0. The van der Waals surface area contributed by atoms with Crippen LogP contribution in [0.15, 0.2) is 43.0 Å². The quantitative estimate of drug-likeness (QED) is 0.312. The van der Waals surface area contributed by atoms with Crippen molar-refractivity contribution in [3.63, 3.8) is 0 Å². The number of carbonyl (C=O) groups is 1. The van der Waals surface area contributed by atoms with Crippen LogP contribution in [0.1, 0.15) is 35.8 Å². The molecule has 0 radical (unpaired) electrons. The lowest BCUT2D eigenvalue weighted by Crippen LogP contribution is -2.25. The lowest BCUT2D eigenvalue weighted by atomic mass is 10.2. The van der Waals surface area contributed by atoms with E-state index in [-0.39, 0.29) is 37.8 Å². The van der Waals surface area contributed by atoms with Gasteiger partial charge in [-0.15, -0.1) is 0 Å². The average Bonchev–Trinajstić information content (AvgIpc) is 3.46. The number of aromatic nitrogens is 4. The zero-order valence-electron chi connectivity index (χ0n) is 17.5. The van der Waals surface area contributed by atoms with Gasteiger partial charge in [-0.25, -0.2) is 24.6 Å². The highest BCUT2D eigenvalue weighted by Crippen LogP contribution is 2.38. The zero-order chi connectivity index (χ0) is 23.3. The van der Waals surface area contributed by atoms with Gasteiger partial charge in [0.15, 0.2) is 17.0 Å². The number of amides is 1. The van der Waals surface area contributed by atoms with Crippen LogP contribution in [0.25, 0.3) is 11.2 Å². The van der Waals surface area contributed by atoms with E-state index in [1.807, 2.05) is 12.1 Å². The van der Waals surface area contributed by atoms with E-state index in [9.17, 15) is 14.3 Å². The molecule has 2 aromatic heterocycles. The molecule has 172 valence electrons. The number of ether oxygens (including phenoxy) is 1. The Morgan fingerprint density at radius 3 is 2.91 bits per heavy atom. The Morgan fingerprint density at radius 1 is 1.30 bits per heavy atom. The first kappa shape index (κ1) is 23.0. The van der Waals surface area contributed by atoms with E-state index < -0.39 is 7.75 Å². The van der Waals surface area contributed by atoms with E-state index in [1.54, 1.807) is 35.2 Å². The fourth-order valence-electron chi connectivity index (χ4n) is 3.44. The third-order valence-corrected chi connectivity index (χ3v) is 6.14. The molecular weight excluding hydrogens is 449 g/mol. The maximum absolute atomic E-state index is 12.5. The van der Waals surface area contributed by atoms with Crippen molar-refractivity contribution >= 4 is 30.6 Å². The number of carbonyl (C=O) groups excluding carboxylic acids is 1. The van der Waals surface area contributed by atoms with Gasteiger partial charge in [-0.1, -0.05) is 18.2 Å². The summed E-state index contributed by atoms with van der Waals surface area (Å²) in [4.78, 5) is 35.1. The predicted molar refractivity (Wildman–Crippen MR) is 117 cm³/mol. The van der Waals surface area contributed by atoms with Crippen LogP contribution >= 0.6 is 7.75 Å². The number of nitriles is 1. The highest BCUT2D eigenvalue weighted by atomic mass is 31.2. The van der Waals surface area contributed by atoms with Crippen LogP contribution in [0, 0.1) is 11.3 Å². The van der Waals surface area contributed by atoms with E-state index >= 15 is 0 Å². The standard InChI is InChI=1S/C20H22N7O5P/c21-9-4-10-31-33(29,30)25-11-15-7-8-16(32-15)27-13-24-17-18(22-12-23-19(17)27)26-20(28)14-5-2-1-3-6-14/h1-3,5-6,12-13,15-16H,4,7-8,10-11H2,(H2,25,29,30)(H,22,23,26,28)/t15-,16+/m0/s1. The molecule has 0 aliphatic carbocycles. The van der Waals surface area contributed by atoms with Crippen LogP contribution in [0.4, 0.5) is 5.82 Å². The van der Waals surface area contributed by atoms with E-state index in [0.29, 0.717) is 35.4 Å². The van der Waals surface area contributed by atoms with Crippen molar-refractivity contribution in [1.82, 2.24) is 24.6 Å². The Morgan fingerprint density at radius 2 is 2.12 bits per heavy atom. The van der Waals surface area contributed by atoms with Gasteiger partial charge < -0.3 is 14.9 Å². The molecule has 33 heavy (non-hydrogen) atoms. The van der Waals surface area contributed by atoms with Crippen LogP contribution < -0.4 is 10.4 Å². The molecule has 1 aliphatic heterocycles. The number of imidazole rings is 1. The molecule has 3 aromatic rings. The van der Waals surface area contributed by atoms with Crippen molar-refractivity contribution in [2.75, 3.05) is 18.5 Å². The molecule has 0 bridgehead atoms. The summed E-state index contributed by atoms with van der Waals surface area (Å²) in [5.74, 6) is -0.0154. The number of rotatable bonds is 9. The summed E-state index contributed by atoms with van der Waals surface area (Å²) >= 11 is 0. The minimum absolute atomic E-state index is 0.0254. The van der Waals surface area contributed by atoms with Gasteiger partial charge in [-0.2, -0.15) is 5.26 Å². The maximum atomic E-state index is 12.5. The number of nitrogens with zero attached hydrogens (tertiary/aromatic N) is 5. The van der Waals surface area contributed by atoms with E-state index in [2.05, 4.69) is 25.4 Å². The second-order valence-electron chi connectivity index (χ2n) is 7.28. The maximum Gasteiger partial charge on any atom is 0.403 e. The highest BCUT2D eigenvalue weighted by Gasteiger charge is 2.30. The molecule has 3 atom stereocenters. The molecule has 1 amide bonds. The van der Waals surface area contributed by atoms with E-state index in [0.717, 1.165) is 0 Å². The second-order valence-corrected chi connectivity index (χ2v) is 8.90. The van der Waals surface area contributed by atoms with Gasteiger partial charge in [0.2, 0.25) is 0 Å². The van der Waals surface area contributed by atoms with Gasteiger partial charge in [0.1, 0.15) is 12.6 Å². The third kappa shape index (κ3) is 5.60. The second kappa shape index (κ2) is 10.2. The molecule has 12 nitrogen and oxygen atoms in total. The summed E-state index contributed by atoms with van der Waals surface area (Å²) in [7, 11) is -4.00. The molecule has 13 heteroatoms. The minimum Gasteiger partial charge on any atom is -0.353 e. The van der Waals surface area contributed by atoms with Crippen LogP contribution in [-0.2, 0) is 13.8 Å². The van der Waals surface area contributed by atoms with Crippen molar-refractivity contribution in [3.8, 4) is 6.07 Å². The molecule has 3 heterocycles. The van der Waals surface area contributed by atoms with Gasteiger partial charge in [-0.3, -0.25) is 13.9 Å². The number of nitrogens with one attached hydrogen (secondary N) is 2. The normalized spacial score (nSPS) is 19.8. The number of benzene rings is 1. The van der Waals surface area contributed by atoms with Gasteiger partial charge in [0, 0.05) is 12.1 Å². The first-order valence-corrected chi connectivity index (χ1v) is 11.8. The summed E-state index contributed by atoms with van der Waals surface area (Å²) in [6.45, 7) is -0.0217. The van der Waals surface area contributed by atoms with Gasteiger partial charge in [0.05, 0.1) is 31.5 Å². The SMILES string of the molecule is N#CCCOP(=O)(O)NC[C@@H]1CC[C@H](n2cnc3c(NC(=O)c4ccccc4)ncnc32)O1. The Hall–Kier alpha value is -3.20. The predicted octanol–water partition coefficient (Wildman–Crippen LogP) is 2.38. The topological polar surface area (TPSA) is 164 Å².